The zero-order chi connectivity index (χ0) is 7.72. The third-order valence-corrected chi connectivity index (χ3v) is 1.38. The number of rotatable bonds is 1. The maximum Gasteiger partial charge on any atom is 0.156 e. The van der Waals surface area contributed by atoms with Gasteiger partial charge in [0.1, 0.15) is 18.4 Å². The van der Waals surface area contributed by atoms with E-state index in [2.05, 4.69) is 0 Å². The molecule has 0 aliphatic carbocycles. The first kappa shape index (κ1) is 7.90. The molecule has 1 heterocycles. The van der Waals surface area contributed by atoms with Crippen molar-refractivity contribution in [1.82, 2.24) is 0 Å². The van der Waals surface area contributed by atoms with E-state index in [0.717, 1.165) is 0 Å². The maximum atomic E-state index is 8.93. The van der Waals surface area contributed by atoms with Gasteiger partial charge >= 0.3 is 0 Å². The number of aliphatic hydroxyl groups excluding tert-OH is 3. The molecular formula is C5H10NO4. The van der Waals surface area contributed by atoms with Crippen LogP contribution in [0.25, 0.3) is 0 Å². The summed E-state index contributed by atoms with van der Waals surface area (Å²) < 4.78 is 4.73. The lowest BCUT2D eigenvalue weighted by atomic mass is 10.1. The molecule has 5 nitrogen and oxygen atoms in total. The summed E-state index contributed by atoms with van der Waals surface area (Å²) in [5, 5.41) is 26.5. The zero-order valence-corrected chi connectivity index (χ0v) is 5.27. The number of hydrogen-bond acceptors (Lipinski definition) is 5. The zero-order valence-electron chi connectivity index (χ0n) is 5.27. The highest BCUT2D eigenvalue weighted by molar-refractivity contribution is 5.00. The molecule has 1 unspecified atom stereocenters. The van der Waals surface area contributed by atoms with Crippen LogP contribution >= 0.6 is 0 Å². The van der Waals surface area contributed by atoms with Gasteiger partial charge in [-0.15, -0.1) is 0 Å². The van der Waals surface area contributed by atoms with Crippen molar-refractivity contribution in [3.8, 4) is 0 Å². The van der Waals surface area contributed by atoms with Gasteiger partial charge in [-0.05, 0) is 0 Å². The van der Waals surface area contributed by atoms with Gasteiger partial charge in [-0.25, -0.2) is 0 Å². The van der Waals surface area contributed by atoms with Crippen molar-refractivity contribution >= 4 is 0 Å². The minimum atomic E-state index is -1.27. The van der Waals surface area contributed by atoms with E-state index in [1.54, 1.807) is 0 Å². The second-order valence-corrected chi connectivity index (χ2v) is 2.19. The van der Waals surface area contributed by atoms with Crippen molar-refractivity contribution in [1.29, 1.82) is 0 Å². The van der Waals surface area contributed by atoms with Gasteiger partial charge in [-0.1, -0.05) is 0 Å². The Hall–Kier alpha value is -0.200. The van der Waals surface area contributed by atoms with E-state index in [0.29, 0.717) is 0 Å². The first-order chi connectivity index (χ1) is 4.63. The van der Waals surface area contributed by atoms with E-state index >= 15 is 0 Å². The van der Waals surface area contributed by atoms with Crippen LogP contribution in [0.1, 0.15) is 0 Å². The summed E-state index contributed by atoms with van der Waals surface area (Å²) >= 11 is 0. The molecule has 1 aliphatic heterocycles. The van der Waals surface area contributed by atoms with Gasteiger partial charge < -0.3 is 25.8 Å². The van der Waals surface area contributed by atoms with Gasteiger partial charge in [0.05, 0.1) is 6.61 Å². The highest BCUT2D eigenvalue weighted by atomic mass is 16.5. The average molecular weight is 148 g/mol. The Bertz CT molecular complexity index is 118. The van der Waals surface area contributed by atoms with E-state index in [9.17, 15) is 0 Å². The molecule has 3 atom stereocenters. The van der Waals surface area contributed by atoms with Gasteiger partial charge in [0.2, 0.25) is 0 Å². The molecule has 0 aromatic carbocycles. The predicted molar refractivity (Wildman–Crippen MR) is 31.1 cm³/mol. The second kappa shape index (κ2) is 2.81. The fourth-order valence-electron chi connectivity index (χ4n) is 0.829. The standard InChI is InChI=1S/C5H10NO4/c6-5(9)4-3(8)2(7)1-10-4/h2,4-5,7-9H,1,6H2/t2-,4-,5?/m1/s1. The molecule has 0 amide bonds. The Balaban J connectivity index is 2.49. The first-order valence-electron chi connectivity index (χ1n) is 2.92. The monoisotopic (exact) mass is 148 g/mol. The molecule has 5 N–H and O–H groups in total. The van der Waals surface area contributed by atoms with Crippen LogP contribution < -0.4 is 5.73 Å². The van der Waals surface area contributed by atoms with Crippen LogP contribution in [0.5, 0.6) is 0 Å². The molecule has 1 saturated heterocycles. The van der Waals surface area contributed by atoms with Gasteiger partial charge in [0.15, 0.2) is 6.10 Å². The fourth-order valence-corrected chi connectivity index (χ4v) is 0.829. The summed E-state index contributed by atoms with van der Waals surface area (Å²) in [4.78, 5) is 0. The molecule has 59 valence electrons. The molecule has 1 radical (unpaired) electrons. The van der Waals surface area contributed by atoms with Crippen LogP contribution in [-0.2, 0) is 4.74 Å². The van der Waals surface area contributed by atoms with Crippen LogP contribution in [0.4, 0.5) is 0 Å². The van der Waals surface area contributed by atoms with Gasteiger partial charge in [0.25, 0.3) is 0 Å². The van der Waals surface area contributed by atoms with Crippen molar-refractivity contribution in [2.24, 2.45) is 5.73 Å². The summed E-state index contributed by atoms with van der Waals surface area (Å²) in [6.07, 6.45) is -3.51. The molecule has 10 heavy (non-hydrogen) atoms. The topological polar surface area (TPSA) is 95.9 Å². The maximum absolute atomic E-state index is 8.93. The Kier molecular flexibility index (Phi) is 2.22. The minimum Gasteiger partial charge on any atom is -0.387 e. The Morgan fingerprint density at radius 2 is 2.30 bits per heavy atom. The lowest BCUT2D eigenvalue weighted by molar-refractivity contribution is -0.0122. The molecule has 0 aromatic heterocycles. The Morgan fingerprint density at radius 3 is 2.50 bits per heavy atom. The van der Waals surface area contributed by atoms with Crippen molar-refractivity contribution in [2.75, 3.05) is 6.61 Å². The van der Waals surface area contributed by atoms with Gasteiger partial charge in [-0.2, -0.15) is 0 Å². The van der Waals surface area contributed by atoms with Crippen LogP contribution in [0.2, 0.25) is 0 Å². The first-order valence-corrected chi connectivity index (χ1v) is 2.92. The summed E-state index contributed by atoms with van der Waals surface area (Å²) in [6.45, 7) is -0.00917. The van der Waals surface area contributed by atoms with Crippen LogP contribution in [0, 0.1) is 6.10 Å². The summed E-state index contributed by atoms with van der Waals surface area (Å²) in [5.74, 6) is 0. The number of hydrogen-bond donors (Lipinski definition) is 4. The molecule has 0 aromatic rings. The van der Waals surface area contributed by atoms with E-state index in [4.69, 9.17) is 25.8 Å². The van der Waals surface area contributed by atoms with E-state index in [1.165, 1.54) is 0 Å². The Morgan fingerprint density at radius 1 is 1.70 bits per heavy atom. The molecular weight excluding hydrogens is 138 g/mol. The van der Waals surface area contributed by atoms with E-state index < -0.39 is 18.4 Å². The third kappa shape index (κ3) is 1.28. The minimum absolute atomic E-state index is 0.00917. The van der Waals surface area contributed by atoms with Gasteiger partial charge in [-0.3, -0.25) is 0 Å². The normalized spacial score (nSPS) is 38.4. The number of aliphatic hydroxyl groups is 3. The number of nitrogens with two attached hydrogens (primary N) is 1. The van der Waals surface area contributed by atoms with E-state index in [1.807, 2.05) is 0 Å². The van der Waals surface area contributed by atoms with Crippen molar-refractivity contribution < 1.29 is 20.1 Å². The average Bonchev–Trinajstić information content (AvgIpc) is 2.14. The molecule has 0 spiro atoms. The summed E-state index contributed by atoms with van der Waals surface area (Å²) in [7, 11) is 0. The van der Waals surface area contributed by atoms with Crippen molar-refractivity contribution in [3.63, 3.8) is 0 Å². The SMILES string of the molecule is NC(O)[C@@H]1OC[C@@H](O)[C]1O. The third-order valence-electron chi connectivity index (χ3n) is 1.38. The lowest BCUT2D eigenvalue weighted by Gasteiger charge is -2.15. The second-order valence-electron chi connectivity index (χ2n) is 2.19. The molecule has 1 aliphatic rings. The van der Waals surface area contributed by atoms with Crippen molar-refractivity contribution in [3.05, 3.63) is 6.10 Å². The van der Waals surface area contributed by atoms with E-state index in [-0.39, 0.29) is 12.7 Å². The molecule has 0 bridgehead atoms. The quantitative estimate of drug-likeness (QED) is 0.320. The molecule has 0 saturated carbocycles. The summed E-state index contributed by atoms with van der Waals surface area (Å²) in [6, 6.07) is 0. The highest BCUT2D eigenvalue weighted by Gasteiger charge is 2.38. The fraction of sp³-hybridized carbons (Fsp3) is 0.800. The van der Waals surface area contributed by atoms with Gasteiger partial charge in [0, 0.05) is 0 Å². The Labute approximate surface area is 58.0 Å². The lowest BCUT2D eigenvalue weighted by Crippen LogP contribution is -2.38. The number of ether oxygens (including phenoxy) is 1. The molecule has 1 fully saturated rings. The predicted octanol–water partition coefficient (Wildman–Crippen LogP) is -2.07. The molecule has 1 rings (SSSR count). The van der Waals surface area contributed by atoms with Crippen LogP contribution in [0.15, 0.2) is 0 Å². The molecule has 5 heteroatoms. The smallest absolute Gasteiger partial charge is 0.156 e. The van der Waals surface area contributed by atoms with Crippen molar-refractivity contribution in [2.45, 2.75) is 18.4 Å². The summed E-state index contributed by atoms with van der Waals surface area (Å²) in [5.41, 5.74) is 4.99. The highest BCUT2D eigenvalue weighted by Crippen LogP contribution is 2.21. The largest absolute Gasteiger partial charge is 0.387 e. The van der Waals surface area contributed by atoms with Crippen LogP contribution in [0.3, 0.4) is 0 Å². The van der Waals surface area contributed by atoms with Crippen LogP contribution in [-0.4, -0.2) is 40.4 Å².